The van der Waals surface area contributed by atoms with Crippen molar-refractivity contribution in [2.24, 2.45) is 0 Å². The van der Waals surface area contributed by atoms with E-state index in [2.05, 4.69) is 10.9 Å². The number of nitrogens with one attached hydrogen (secondary N) is 2. The Morgan fingerprint density at radius 3 is 2.43 bits per heavy atom. The van der Waals surface area contributed by atoms with Gasteiger partial charge in [0.1, 0.15) is 16.4 Å². The third-order valence-corrected chi connectivity index (χ3v) is 5.53. The highest BCUT2D eigenvalue weighted by atomic mass is 35.5. The highest BCUT2D eigenvalue weighted by Gasteiger charge is 2.19. The molecule has 2 N–H and O–H groups in total. The molecule has 28 heavy (non-hydrogen) atoms. The Morgan fingerprint density at radius 1 is 1.07 bits per heavy atom. The van der Waals surface area contributed by atoms with Gasteiger partial charge in [-0.1, -0.05) is 29.8 Å². The van der Waals surface area contributed by atoms with Gasteiger partial charge in [0, 0.05) is 10.1 Å². The van der Waals surface area contributed by atoms with Gasteiger partial charge < -0.3 is 9.47 Å². The number of carbonyl (C=O) groups excluding carboxylic acids is 2. The quantitative estimate of drug-likeness (QED) is 0.589. The van der Waals surface area contributed by atoms with Crippen LogP contribution in [-0.4, -0.2) is 24.5 Å². The average Bonchev–Trinajstić information content (AvgIpc) is 3.04. The summed E-state index contributed by atoms with van der Waals surface area (Å²) in [5.41, 5.74) is 4.74. The lowest BCUT2D eigenvalue weighted by atomic mass is 10.2. The Kier molecular flexibility index (Phi) is 6.38. The monoisotopic (exact) mass is 418 g/mol. The van der Waals surface area contributed by atoms with Crippen molar-refractivity contribution < 1.29 is 19.1 Å². The third kappa shape index (κ3) is 4.55. The van der Waals surface area contributed by atoms with E-state index in [1.165, 1.54) is 11.3 Å². The van der Waals surface area contributed by atoms with Crippen LogP contribution in [0.4, 0.5) is 0 Å². The molecule has 8 heteroatoms. The molecule has 1 heterocycles. The lowest BCUT2D eigenvalue weighted by molar-refractivity contribution is -0.128. The number of hydrazine groups is 1. The van der Waals surface area contributed by atoms with Crippen LogP contribution in [0.2, 0.25) is 5.02 Å². The molecule has 2 amide bonds. The molecule has 6 nitrogen and oxygen atoms in total. The van der Waals surface area contributed by atoms with Gasteiger partial charge in [0.2, 0.25) is 0 Å². The smallest absolute Gasteiger partial charge is 0.281 e. The van der Waals surface area contributed by atoms with Crippen LogP contribution in [0.15, 0.2) is 48.5 Å². The maximum Gasteiger partial charge on any atom is 0.281 e. The normalized spacial score (nSPS) is 11.7. The van der Waals surface area contributed by atoms with Crippen molar-refractivity contribution in [2.75, 3.05) is 6.61 Å². The molecule has 0 spiro atoms. The van der Waals surface area contributed by atoms with Crippen LogP contribution in [0.5, 0.6) is 11.5 Å². The van der Waals surface area contributed by atoms with Crippen molar-refractivity contribution >= 4 is 44.8 Å². The molecule has 2 aromatic carbocycles. The number of halogens is 1. The van der Waals surface area contributed by atoms with E-state index in [4.69, 9.17) is 21.1 Å². The Hall–Kier alpha value is -2.77. The van der Waals surface area contributed by atoms with Crippen LogP contribution in [0.25, 0.3) is 10.1 Å². The highest BCUT2D eigenvalue weighted by molar-refractivity contribution is 7.21. The highest BCUT2D eigenvalue weighted by Crippen LogP contribution is 2.34. The zero-order valence-corrected chi connectivity index (χ0v) is 16.9. The number of thiophene rings is 1. The van der Waals surface area contributed by atoms with E-state index in [0.717, 1.165) is 15.8 Å². The minimum Gasteiger partial charge on any atom is -0.494 e. The molecule has 1 unspecified atom stereocenters. The van der Waals surface area contributed by atoms with Gasteiger partial charge in [-0.2, -0.15) is 0 Å². The molecule has 0 radical (unpaired) electrons. The summed E-state index contributed by atoms with van der Waals surface area (Å²) in [4.78, 5) is 24.9. The molecule has 3 rings (SSSR count). The second-order valence-electron chi connectivity index (χ2n) is 5.85. The lowest BCUT2D eigenvalue weighted by Gasteiger charge is -2.15. The van der Waals surface area contributed by atoms with Crippen LogP contribution >= 0.6 is 22.9 Å². The number of fused-ring (bicyclic) bond motifs is 1. The second-order valence-corrected chi connectivity index (χ2v) is 7.28. The van der Waals surface area contributed by atoms with E-state index in [1.54, 1.807) is 31.2 Å². The van der Waals surface area contributed by atoms with Gasteiger partial charge in [-0.05, 0) is 44.2 Å². The largest absolute Gasteiger partial charge is 0.494 e. The Bertz CT molecular complexity index is 988. The number of rotatable bonds is 6. The molecule has 0 aliphatic rings. The van der Waals surface area contributed by atoms with Crippen molar-refractivity contribution in [3.8, 4) is 11.5 Å². The molecule has 0 saturated heterocycles. The number of ether oxygens (including phenoxy) is 2. The fourth-order valence-corrected chi connectivity index (χ4v) is 3.89. The van der Waals surface area contributed by atoms with Gasteiger partial charge in [0.15, 0.2) is 6.10 Å². The number of hydrogen-bond donors (Lipinski definition) is 2. The topological polar surface area (TPSA) is 76.7 Å². The predicted molar refractivity (Wildman–Crippen MR) is 110 cm³/mol. The average molecular weight is 419 g/mol. The van der Waals surface area contributed by atoms with Crippen molar-refractivity contribution in [3.05, 3.63) is 58.4 Å². The van der Waals surface area contributed by atoms with Crippen LogP contribution in [0.1, 0.15) is 23.5 Å². The van der Waals surface area contributed by atoms with E-state index in [9.17, 15) is 9.59 Å². The molecule has 0 aliphatic heterocycles. The molecule has 0 saturated carbocycles. The molecular formula is C20H19ClN2O4S. The van der Waals surface area contributed by atoms with Gasteiger partial charge >= 0.3 is 0 Å². The summed E-state index contributed by atoms with van der Waals surface area (Å²) >= 11 is 7.54. The fourth-order valence-electron chi connectivity index (χ4n) is 2.48. The summed E-state index contributed by atoms with van der Waals surface area (Å²) in [5, 5.41) is 1.17. The van der Waals surface area contributed by atoms with E-state index >= 15 is 0 Å². The summed E-state index contributed by atoms with van der Waals surface area (Å²) in [5.74, 6) is 0.275. The summed E-state index contributed by atoms with van der Waals surface area (Å²) in [7, 11) is 0. The molecule has 146 valence electrons. The van der Waals surface area contributed by atoms with Crippen LogP contribution in [0.3, 0.4) is 0 Å². The minimum atomic E-state index is -0.809. The number of hydrogen-bond acceptors (Lipinski definition) is 5. The SMILES string of the molecule is CCOc1ccc(OC(C)C(=O)NNC(=O)c2sc3ccccc3c2Cl)cc1. The Labute approximate surface area is 171 Å². The van der Waals surface area contributed by atoms with Crippen molar-refractivity contribution in [1.82, 2.24) is 10.9 Å². The first kappa shape index (κ1) is 20.0. The molecule has 3 aromatic rings. The summed E-state index contributed by atoms with van der Waals surface area (Å²) in [6.07, 6.45) is -0.809. The maximum atomic E-state index is 12.4. The molecule has 1 atom stereocenters. The van der Waals surface area contributed by atoms with E-state index in [1.807, 2.05) is 31.2 Å². The fraction of sp³-hybridized carbons (Fsp3) is 0.200. The van der Waals surface area contributed by atoms with E-state index < -0.39 is 17.9 Å². The van der Waals surface area contributed by atoms with Gasteiger partial charge in [-0.25, -0.2) is 0 Å². The van der Waals surface area contributed by atoms with Crippen molar-refractivity contribution in [2.45, 2.75) is 20.0 Å². The van der Waals surface area contributed by atoms with Crippen LogP contribution in [0, 0.1) is 0 Å². The molecule has 1 aromatic heterocycles. The number of amides is 2. The van der Waals surface area contributed by atoms with Crippen molar-refractivity contribution in [3.63, 3.8) is 0 Å². The first-order valence-electron chi connectivity index (χ1n) is 8.66. The lowest BCUT2D eigenvalue weighted by Crippen LogP contribution is -2.47. The Morgan fingerprint density at radius 2 is 1.75 bits per heavy atom. The summed E-state index contributed by atoms with van der Waals surface area (Å²) < 4.78 is 11.8. The minimum absolute atomic E-state index is 0.336. The van der Waals surface area contributed by atoms with Crippen molar-refractivity contribution in [1.29, 1.82) is 0 Å². The second kappa shape index (κ2) is 8.95. The first-order valence-corrected chi connectivity index (χ1v) is 9.85. The molecule has 0 bridgehead atoms. The third-order valence-electron chi connectivity index (χ3n) is 3.86. The first-order chi connectivity index (χ1) is 13.5. The van der Waals surface area contributed by atoms with Gasteiger partial charge in [0.25, 0.3) is 11.8 Å². The molecule has 0 aliphatic carbocycles. The van der Waals surface area contributed by atoms with Crippen LogP contribution in [-0.2, 0) is 4.79 Å². The van der Waals surface area contributed by atoms with Crippen LogP contribution < -0.4 is 20.3 Å². The van der Waals surface area contributed by atoms with E-state index in [-0.39, 0.29) is 0 Å². The van der Waals surface area contributed by atoms with Gasteiger partial charge in [-0.15, -0.1) is 11.3 Å². The molecule has 0 fully saturated rings. The summed E-state index contributed by atoms with van der Waals surface area (Å²) in [6.45, 7) is 4.06. The van der Waals surface area contributed by atoms with Gasteiger partial charge in [0.05, 0.1) is 11.6 Å². The maximum absolute atomic E-state index is 12.4. The van der Waals surface area contributed by atoms with Gasteiger partial charge in [-0.3, -0.25) is 20.4 Å². The number of benzene rings is 2. The van der Waals surface area contributed by atoms with E-state index in [0.29, 0.717) is 22.3 Å². The molecular weight excluding hydrogens is 400 g/mol. The number of carbonyl (C=O) groups is 2. The Balaban J connectivity index is 1.56. The zero-order valence-electron chi connectivity index (χ0n) is 15.3. The zero-order chi connectivity index (χ0) is 20.1. The summed E-state index contributed by atoms with van der Waals surface area (Å²) in [6, 6.07) is 14.4. The standard InChI is InChI=1S/C20H19ClN2O4S/c1-3-26-13-8-10-14(11-9-13)27-12(2)19(24)22-23-20(25)18-17(21)15-6-4-5-7-16(15)28-18/h4-12H,3H2,1-2H3,(H,22,24)(H,23,25). The predicted octanol–water partition coefficient (Wildman–Crippen LogP) is 4.18.